The van der Waals surface area contributed by atoms with Crippen molar-refractivity contribution in [2.24, 2.45) is 0 Å². The zero-order chi connectivity index (χ0) is 5.98. The van der Waals surface area contributed by atoms with Crippen molar-refractivity contribution >= 4 is 28.3 Å². The number of benzene rings is 1. The zero-order valence-electron chi connectivity index (χ0n) is 4.47. The highest BCUT2D eigenvalue weighted by Crippen LogP contribution is 2.12. The largest absolute Gasteiger partial charge is 0.206 e. The topological polar surface area (TPSA) is 0 Å². The van der Waals surface area contributed by atoms with Gasteiger partial charge in [0.2, 0.25) is 0 Å². The average molecular weight is 211 g/mol. The van der Waals surface area contributed by atoms with Gasteiger partial charge in [-0.3, -0.25) is 0 Å². The summed E-state index contributed by atoms with van der Waals surface area (Å²) < 4.78 is 12.8. The lowest BCUT2D eigenvalue weighted by Gasteiger charge is -1.87. The van der Waals surface area contributed by atoms with Crippen LogP contribution in [0.4, 0.5) is 4.39 Å². The Hall–Kier alpha value is -0.0800. The van der Waals surface area contributed by atoms with Crippen molar-refractivity contribution in [2.45, 2.75) is 0 Å². The Bertz CT molecular complexity index is 169. The molecule has 50 valence electrons. The third-order valence-electron chi connectivity index (χ3n) is 0.824. The molecule has 0 saturated carbocycles. The van der Waals surface area contributed by atoms with Crippen LogP contribution in [0, 0.1) is 5.82 Å². The van der Waals surface area contributed by atoms with Crippen molar-refractivity contribution in [3.05, 3.63) is 34.6 Å². The Labute approximate surface area is 67.6 Å². The Morgan fingerprint density at radius 2 is 1.78 bits per heavy atom. The van der Waals surface area contributed by atoms with Gasteiger partial charge >= 0.3 is 0 Å². The predicted octanol–water partition coefficient (Wildman–Crippen LogP) is 3.01. The first-order chi connectivity index (χ1) is 3.80. The first-order valence-electron chi connectivity index (χ1n) is 2.21. The molecule has 9 heavy (non-hydrogen) atoms. The molecule has 0 aliphatic heterocycles. The van der Waals surface area contributed by atoms with Crippen LogP contribution in [-0.4, -0.2) is 0 Å². The Kier molecular flexibility index (Phi) is 3.82. The highest BCUT2D eigenvalue weighted by atomic mass is 79.9. The maximum Gasteiger partial charge on any atom is 0.137 e. The molecule has 0 unspecified atom stereocenters. The molecule has 0 aromatic heterocycles. The minimum absolute atomic E-state index is 0. The summed E-state index contributed by atoms with van der Waals surface area (Å²) in [7, 11) is 0. The molecule has 1 aromatic rings. The van der Waals surface area contributed by atoms with Crippen molar-refractivity contribution < 1.29 is 4.39 Å². The van der Waals surface area contributed by atoms with E-state index in [-0.39, 0.29) is 18.2 Å². The molecule has 0 bridgehead atoms. The van der Waals surface area contributed by atoms with Crippen LogP contribution in [0.25, 0.3) is 0 Å². The second-order valence-corrected chi connectivity index (χ2v) is 2.27. The summed E-state index contributed by atoms with van der Waals surface area (Å²) in [5.41, 5.74) is 0. The molecule has 1 rings (SSSR count). The third-order valence-corrected chi connectivity index (χ3v) is 1.47. The van der Waals surface area contributed by atoms with Crippen molar-refractivity contribution in [3.63, 3.8) is 0 Å². The molecule has 0 saturated heterocycles. The van der Waals surface area contributed by atoms with E-state index in [1.165, 1.54) is 6.07 Å². The van der Waals surface area contributed by atoms with E-state index in [0.29, 0.717) is 4.47 Å². The van der Waals surface area contributed by atoms with Crippen LogP contribution in [0.2, 0.25) is 0 Å². The van der Waals surface area contributed by atoms with E-state index in [2.05, 4.69) is 15.9 Å². The summed E-state index contributed by atoms with van der Waals surface area (Å²) in [6.45, 7) is 0. The SMILES string of the molecule is Cl.Fc1ccccc1Br. The summed E-state index contributed by atoms with van der Waals surface area (Å²) in [5.74, 6) is -0.215. The van der Waals surface area contributed by atoms with Gasteiger partial charge in [-0.25, -0.2) is 4.39 Å². The van der Waals surface area contributed by atoms with Crippen LogP contribution in [0.15, 0.2) is 28.7 Å². The van der Waals surface area contributed by atoms with E-state index in [9.17, 15) is 4.39 Å². The van der Waals surface area contributed by atoms with Gasteiger partial charge in [0.15, 0.2) is 0 Å². The standard InChI is InChI=1S/C6H4BrF.ClH/c7-5-3-1-2-4-6(5)8;/h1-4H;1H. The summed E-state index contributed by atoms with van der Waals surface area (Å²) in [6, 6.07) is 6.49. The first-order valence-corrected chi connectivity index (χ1v) is 3.00. The second-order valence-electron chi connectivity index (χ2n) is 1.41. The van der Waals surface area contributed by atoms with Crippen LogP contribution in [-0.2, 0) is 0 Å². The molecule has 0 spiro atoms. The molecule has 0 aliphatic carbocycles. The van der Waals surface area contributed by atoms with E-state index in [1.54, 1.807) is 18.2 Å². The van der Waals surface area contributed by atoms with Crippen LogP contribution >= 0.6 is 28.3 Å². The van der Waals surface area contributed by atoms with E-state index in [1.807, 2.05) is 0 Å². The van der Waals surface area contributed by atoms with Gasteiger partial charge < -0.3 is 0 Å². The van der Waals surface area contributed by atoms with Crippen LogP contribution in [0.5, 0.6) is 0 Å². The lowest BCUT2D eigenvalue weighted by Crippen LogP contribution is -1.70. The van der Waals surface area contributed by atoms with Crippen LogP contribution in [0.3, 0.4) is 0 Å². The highest BCUT2D eigenvalue weighted by Gasteiger charge is 1.90. The average Bonchev–Trinajstić information content (AvgIpc) is 1.77. The molecule has 0 heterocycles. The summed E-state index contributed by atoms with van der Waals surface area (Å²) in [5, 5.41) is 0. The normalized spacial score (nSPS) is 8.22. The lowest BCUT2D eigenvalue weighted by atomic mass is 10.4. The maximum absolute atomic E-state index is 12.3. The monoisotopic (exact) mass is 210 g/mol. The fourth-order valence-corrected chi connectivity index (χ4v) is 0.724. The molecule has 0 atom stereocenters. The zero-order valence-corrected chi connectivity index (χ0v) is 6.88. The fraction of sp³-hybridized carbons (Fsp3) is 0. The Morgan fingerprint density at radius 3 is 2.11 bits per heavy atom. The predicted molar refractivity (Wildman–Crippen MR) is 41.3 cm³/mol. The minimum atomic E-state index is -0.215. The minimum Gasteiger partial charge on any atom is -0.206 e. The van der Waals surface area contributed by atoms with Crippen molar-refractivity contribution in [3.8, 4) is 0 Å². The van der Waals surface area contributed by atoms with Crippen LogP contribution < -0.4 is 0 Å². The first kappa shape index (κ1) is 8.92. The van der Waals surface area contributed by atoms with Crippen molar-refractivity contribution in [1.29, 1.82) is 0 Å². The molecule has 0 fully saturated rings. The van der Waals surface area contributed by atoms with Crippen LogP contribution in [0.1, 0.15) is 0 Å². The molecule has 0 amide bonds. The van der Waals surface area contributed by atoms with E-state index in [4.69, 9.17) is 0 Å². The van der Waals surface area contributed by atoms with Gasteiger partial charge in [-0.15, -0.1) is 12.4 Å². The molecular weight excluding hydrogens is 206 g/mol. The Morgan fingerprint density at radius 1 is 1.22 bits per heavy atom. The van der Waals surface area contributed by atoms with Gasteiger partial charge in [-0.2, -0.15) is 0 Å². The van der Waals surface area contributed by atoms with Gasteiger partial charge in [-0.05, 0) is 28.1 Å². The highest BCUT2D eigenvalue weighted by molar-refractivity contribution is 9.10. The van der Waals surface area contributed by atoms with Crippen molar-refractivity contribution in [2.75, 3.05) is 0 Å². The van der Waals surface area contributed by atoms with Gasteiger partial charge in [0.1, 0.15) is 5.82 Å². The molecule has 0 N–H and O–H groups in total. The molecule has 1 aromatic carbocycles. The molecule has 3 heteroatoms. The number of rotatable bonds is 0. The number of hydrogen-bond donors (Lipinski definition) is 0. The van der Waals surface area contributed by atoms with Gasteiger partial charge in [0.25, 0.3) is 0 Å². The summed E-state index contributed by atoms with van der Waals surface area (Å²) in [4.78, 5) is 0. The van der Waals surface area contributed by atoms with Gasteiger partial charge in [-0.1, -0.05) is 12.1 Å². The smallest absolute Gasteiger partial charge is 0.137 e. The van der Waals surface area contributed by atoms with Crippen molar-refractivity contribution in [1.82, 2.24) is 0 Å². The van der Waals surface area contributed by atoms with Gasteiger partial charge in [0.05, 0.1) is 4.47 Å². The maximum atomic E-state index is 12.3. The summed E-state index contributed by atoms with van der Waals surface area (Å²) >= 11 is 3.02. The lowest BCUT2D eigenvalue weighted by molar-refractivity contribution is 0.621. The molecule has 0 nitrogen and oxygen atoms in total. The van der Waals surface area contributed by atoms with E-state index < -0.39 is 0 Å². The third kappa shape index (κ3) is 2.33. The molecule has 0 radical (unpaired) electrons. The number of hydrogen-bond acceptors (Lipinski definition) is 0. The number of halogens is 3. The van der Waals surface area contributed by atoms with E-state index in [0.717, 1.165) is 0 Å². The second kappa shape index (κ2) is 3.85. The molecule has 0 aliphatic rings. The fourth-order valence-electron chi connectivity index (χ4n) is 0.439. The quantitative estimate of drug-likeness (QED) is 0.619. The van der Waals surface area contributed by atoms with Gasteiger partial charge in [0, 0.05) is 0 Å². The molecular formula is C6H5BrClF. The summed E-state index contributed by atoms with van der Waals surface area (Å²) in [6.07, 6.45) is 0. The van der Waals surface area contributed by atoms with E-state index >= 15 is 0 Å². The Balaban J connectivity index is 0.000000640.